The van der Waals surface area contributed by atoms with Gasteiger partial charge in [0, 0.05) is 28.9 Å². The minimum absolute atomic E-state index is 0.0530. The lowest BCUT2D eigenvalue weighted by atomic mass is 10.1. The molecular formula is C19H21ClN2O. The maximum atomic E-state index is 12.8. The number of hydrogen-bond donors (Lipinski definition) is 0. The molecule has 0 bridgehead atoms. The van der Waals surface area contributed by atoms with E-state index in [2.05, 4.69) is 23.3 Å². The largest absolute Gasteiger partial charge is 0.339 e. The number of para-hydroxylation sites is 1. The molecule has 3 aromatic rings. The second kappa shape index (κ2) is 6.73. The normalized spacial score (nSPS) is 11.7. The molecule has 0 aliphatic heterocycles. The highest BCUT2D eigenvalue weighted by molar-refractivity contribution is 6.31. The number of pyridine rings is 1. The smallest absolute Gasteiger partial charge is 0.197 e. The van der Waals surface area contributed by atoms with Gasteiger partial charge in [-0.1, -0.05) is 37.6 Å². The Morgan fingerprint density at radius 3 is 2.43 bits per heavy atom. The van der Waals surface area contributed by atoms with Gasteiger partial charge in [0.2, 0.25) is 0 Å². The quantitative estimate of drug-likeness (QED) is 0.657. The molecule has 0 saturated heterocycles. The number of nitrogens with zero attached hydrogens (tertiary/aromatic N) is 2. The summed E-state index contributed by atoms with van der Waals surface area (Å²) in [6, 6.07) is 13.4. The van der Waals surface area contributed by atoms with Crippen molar-refractivity contribution in [3.05, 3.63) is 57.7 Å². The van der Waals surface area contributed by atoms with E-state index in [-0.39, 0.29) is 5.43 Å². The Balaban J connectivity index is 2.23. The Kier molecular flexibility index (Phi) is 4.69. The topological polar surface area (TPSA) is 25.2 Å². The van der Waals surface area contributed by atoms with E-state index in [1.54, 1.807) is 6.07 Å². The van der Waals surface area contributed by atoms with Gasteiger partial charge in [0.25, 0.3) is 0 Å². The number of aromatic nitrogens is 1. The van der Waals surface area contributed by atoms with E-state index in [0.717, 1.165) is 42.6 Å². The van der Waals surface area contributed by atoms with Gasteiger partial charge < -0.3 is 9.47 Å². The number of halogens is 1. The van der Waals surface area contributed by atoms with Crippen molar-refractivity contribution in [3.63, 3.8) is 0 Å². The average molecular weight is 329 g/mol. The van der Waals surface area contributed by atoms with Gasteiger partial charge in [-0.2, -0.15) is 0 Å². The number of fused-ring (bicyclic) bond motifs is 2. The van der Waals surface area contributed by atoms with Crippen LogP contribution in [0, 0.1) is 0 Å². The minimum Gasteiger partial charge on any atom is -0.339 e. The fourth-order valence-electron chi connectivity index (χ4n) is 3.12. The monoisotopic (exact) mass is 328 g/mol. The lowest BCUT2D eigenvalue weighted by Gasteiger charge is -2.21. The third-order valence-electron chi connectivity index (χ3n) is 4.47. The Morgan fingerprint density at radius 2 is 1.70 bits per heavy atom. The van der Waals surface area contributed by atoms with Crippen LogP contribution in [0.2, 0.25) is 5.02 Å². The summed E-state index contributed by atoms with van der Waals surface area (Å²) >= 11 is 6.11. The molecule has 0 N–H and O–H groups in total. The van der Waals surface area contributed by atoms with Gasteiger partial charge in [-0.3, -0.25) is 4.79 Å². The van der Waals surface area contributed by atoms with Crippen LogP contribution in [0.5, 0.6) is 0 Å². The SMILES string of the molecule is CCN(CC)CCn1c2ccccc2c(=O)c2cc(Cl)ccc21. The van der Waals surface area contributed by atoms with Crippen LogP contribution >= 0.6 is 11.6 Å². The summed E-state index contributed by atoms with van der Waals surface area (Å²) in [5, 5.41) is 2.04. The van der Waals surface area contributed by atoms with E-state index in [1.807, 2.05) is 36.4 Å². The molecule has 23 heavy (non-hydrogen) atoms. The molecule has 0 radical (unpaired) electrons. The van der Waals surface area contributed by atoms with Crippen molar-refractivity contribution in [3.8, 4) is 0 Å². The molecule has 3 rings (SSSR count). The predicted molar refractivity (Wildman–Crippen MR) is 98.5 cm³/mol. The molecule has 0 atom stereocenters. The molecule has 0 aliphatic rings. The molecule has 1 heterocycles. The Hall–Kier alpha value is -1.84. The Morgan fingerprint density at radius 1 is 1.00 bits per heavy atom. The van der Waals surface area contributed by atoms with Gasteiger partial charge in [-0.15, -0.1) is 0 Å². The van der Waals surface area contributed by atoms with Crippen LogP contribution in [0.4, 0.5) is 0 Å². The van der Waals surface area contributed by atoms with E-state index in [4.69, 9.17) is 11.6 Å². The van der Waals surface area contributed by atoms with Crippen LogP contribution in [0.15, 0.2) is 47.3 Å². The molecule has 0 aliphatic carbocycles. The fraction of sp³-hybridized carbons (Fsp3) is 0.316. The van der Waals surface area contributed by atoms with Crippen LogP contribution in [0.3, 0.4) is 0 Å². The standard InChI is InChI=1S/C19H21ClN2O/c1-3-21(4-2)11-12-22-17-8-6-5-7-15(17)19(23)16-13-14(20)9-10-18(16)22/h5-10,13H,3-4,11-12H2,1-2H3. The summed E-state index contributed by atoms with van der Waals surface area (Å²) in [6.45, 7) is 8.20. The Bertz CT molecular complexity index is 897. The first-order chi connectivity index (χ1) is 11.2. The van der Waals surface area contributed by atoms with Crippen molar-refractivity contribution in [2.45, 2.75) is 20.4 Å². The number of benzene rings is 2. The third-order valence-corrected chi connectivity index (χ3v) is 4.70. The lowest BCUT2D eigenvalue weighted by Crippen LogP contribution is -2.27. The van der Waals surface area contributed by atoms with Crippen molar-refractivity contribution in [1.29, 1.82) is 0 Å². The maximum absolute atomic E-state index is 12.8. The van der Waals surface area contributed by atoms with Crippen molar-refractivity contribution < 1.29 is 0 Å². The third kappa shape index (κ3) is 2.99. The van der Waals surface area contributed by atoms with Crippen LogP contribution in [-0.4, -0.2) is 29.1 Å². The zero-order valence-electron chi connectivity index (χ0n) is 13.6. The van der Waals surface area contributed by atoms with E-state index in [9.17, 15) is 4.79 Å². The first-order valence-electron chi connectivity index (χ1n) is 8.08. The highest BCUT2D eigenvalue weighted by Crippen LogP contribution is 2.22. The summed E-state index contributed by atoms with van der Waals surface area (Å²) in [5.41, 5.74) is 1.99. The second-order valence-electron chi connectivity index (χ2n) is 5.69. The van der Waals surface area contributed by atoms with Gasteiger partial charge in [-0.25, -0.2) is 0 Å². The summed E-state index contributed by atoms with van der Waals surface area (Å²) in [5.74, 6) is 0. The molecule has 0 fully saturated rings. The van der Waals surface area contributed by atoms with Gasteiger partial charge in [0.15, 0.2) is 5.43 Å². The first kappa shape index (κ1) is 16.0. The first-order valence-corrected chi connectivity index (χ1v) is 8.46. The average Bonchev–Trinajstić information content (AvgIpc) is 2.58. The Labute approximate surface area is 141 Å². The molecule has 120 valence electrons. The highest BCUT2D eigenvalue weighted by atomic mass is 35.5. The molecule has 1 aromatic heterocycles. The fourth-order valence-corrected chi connectivity index (χ4v) is 3.30. The van der Waals surface area contributed by atoms with Crippen molar-refractivity contribution in [1.82, 2.24) is 9.47 Å². The molecule has 0 saturated carbocycles. The molecule has 0 unspecified atom stereocenters. The van der Waals surface area contributed by atoms with E-state index in [1.165, 1.54) is 0 Å². The summed E-state index contributed by atoms with van der Waals surface area (Å²) in [7, 11) is 0. The van der Waals surface area contributed by atoms with Crippen LogP contribution in [0.25, 0.3) is 21.8 Å². The summed E-state index contributed by atoms with van der Waals surface area (Å²) in [4.78, 5) is 15.1. The number of hydrogen-bond acceptors (Lipinski definition) is 2. The zero-order chi connectivity index (χ0) is 16.4. The summed E-state index contributed by atoms with van der Waals surface area (Å²) < 4.78 is 2.24. The van der Waals surface area contributed by atoms with Crippen molar-refractivity contribution in [2.24, 2.45) is 0 Å². The lowest BCUT2D eigenvalue weighted by molar-refractivity contribution is 0.293. The van der Waals surface area contributed by atoms with Gasteiger partial charge >= 0.3 is 0 Å². The molecule has 4 heteroatoms. The summed E-state index contributed by atoms with van der Waals surface area (Å²) in [6.07, 6.45) is 0. The van der Waals surface area contributed by atoms with E-state index in [0.29, 0.717) is 10.4 Å². The van der Waals surface area contributed by atoms with E-state index < -0.39 is 0 Å². The van der Waals surface area contributed by atoms with Crippen LogP contribution in [-0.2, 0) is 6.54 Å². The molecular weight excluding hydrogens is 308 g/mol. The maximum Gasteiger partial charge on any atom is 0.197 e. The van der Waals surface area contributed by atoms with Gasteiger partial charge in [0.1, 0.15) is 0 Å². The van der Waals surface area contributed by atoms with Gasteiger partial charge in [-0.05, 0) is 43.4 Å². The molecule has 0 spiro atoms. The zero-order valence-corrected chi connectivity index (χ0v) is 14.3. The highest BCUT2D eigenvalue weighted by Gasteiger charge is 2.11. The molecule has 0 amide bonds. The van der Waals surface area contributed by atoms with Gasteiger partial charge in [0.05, 0.1) is 11.0 Å². The molecule has 2 aromatic carbocycles. The van der Waals surface area contributed by atoms with Crippen molar-refractivity contribution in [2.75, 3.05) is 19.6 Å². The van der Waals surface area contributed by atoms with Crippen molar-refractivity contribution >= 4 is 33.4 Å². The minimum atomic E-state index is 0.0530. The van der Waals surface area contributed by atoms with Crippen LogP contribution in [0.1, 0.15) is 13.8 Å². The predicted octanol–water partition coefficient (Wildman–Crippen LogP) is 4.15. The number of rotatable bonds is 5. The van der Waals surface area contributed by atoms with Crippen LogP contribution < -0.4 is 5.43 Å². The number of likely N-dealkylation sites (N-methyl/N-ethyl adjacent to an activating group) is 1. The molecule has 3 nitrogen and oxygen atoms in total. The van der Waals surface area contributed by atoms with E-state index >= 15 is 0 Å². The second-order valence-corrected chi connectivity index (χ2v) is 6.12.